The van der Waals surface area contributed by atoms with E-state index >= 15 is 0 Å². The molecule has 0 aliphatic rings. The average molecular weight is 118 g/mol. The molecule has 0 heterocycles. The van der Waals surface area contributed by atoms with Crippen LogP contribution >= 0.6 is 0 Å². The van der Waals surface area contributed by atoms with Gasteiger partial charge in [0.2, 0.25) is 0 Å². The quantitative estimate of drug-likeness (QED) is 0.477. The van der Waals surface area contributed by atoms with Crippen molar-refractivity contribution in [2.75, 3.05) is 0 Å². The van der Waals surface area contributed by atoms with E-state index in [-0.39, 0.29) is 0 Å². The molecular weight excluding hydrogens is 108 g/mol. The lowest BCUT2D eigenvalue weighted by atomic mass is 10.4. The Morgan fingerprint density at radius 1 is 1.38 bits per heavy atom. The van der Waals surface area contributed by atoms with Crippen molar-refractivity contribution in [2.24, 2.45) is 0 Å². The lowest BCUT2D eigenvalue weighted by Crippen LogP contribution is -1.81. The topological polar surface area (TPSA) is 57.5 Å². The summed E-state index contributed by atoms with van der Waals surface area (Å²) >= 11 is 0. The molecule has 0 unspecified atom stereocenters. The van der Waals surface area contributed by atoms with E-state index in [4.69, 9.17) is 15.0 Å². The van der Waals surface area contributed by atoms with Gasteiger partial charge in [0.25, 0.3) is 0 Å². The molecule has 0 saturated carbocycles. The molecule has 2 N–H and O–H groups in total. The third-order valence-corrected chi connectivity index (χ3v) is 0. The highest BCUT2D eigenvalue weighted by Gasteiger charge is 1.70. The largest absolute Gasteiger partial charge is 0.503 e. The van der Waals surface area contributed by atoms with E-state index in [0.717, 1.165) is 0 Å². The molecule has 0 aliphatic heterocycles. The van der Waals surface area contributed by atoms with Crippen molar-refractivity contribution in [1.29, 1.82) is 0 Å². The average Bonchev–Trinajstić information content (AvgIpc) is 1.25. The van der Waals surface area contributed by atoms with E-state index in [2.05, 4.69) is 6.58 Å². The molecule has 0 aliphatic carbocycles. The molecule has 0 bridgehead atoms. The Morgan fingerprint density at radius 2 is 1.38 bits per heavy atom. The predicted molar refractivity (Wildman–Crippen MR) is 31.1 cm³/mol. The molecule has 0 saturated heterocycles. The van der Waals surface area contributed by atoms with Crippen LogP contribution in [0, 0.1) is 0 Å². The van der Waals surface area contributed by atoms with Crippen molar-refractivity contribution in [2.45, 2.75) is 13.8 Å². The third-order valence-electron chi connectivity index (χ3n) is 0. The fraction of sp³-hybridized carbons (Fsp3) is 0.400. The standard InChI is InChI=1S/C4H8.CH2O3/c1-4(2)3;2-1(3)4/h1H2,2-3H3;(H2,2,3,4). The Balaban J connectivity index is 0. The van der Waals surface area contributed by atoms with Crippen LogP contribution in [0.4, 0.5) is 4.79 Å². The lowest BCUT2D eigenvalue weighted by Gasteiger charge is -1.65. The highest BCUT2D eigenvalue weighted by atomic mass is 16.6. The van der Waals surface area contributed by atoms with Gasteiger partial charge in [-0.2, -0.15) is 0 Å². The number of carbonyl (C=O) groups is 1. The van der Waals surface area contributed by atoms with E-state index in [1.54, 1.807) is 0 Å². The zero-order chi connectivity index (χ0) is 7.15. The number of allylic oxidation sites excluding steroid dienone is 1. The van der Waals surface area contributed by atoms with Crippen molar-refractivity contribution in [3.8, 4) is 0 Å². The maximum absolute atomic E-state index is 8.56. The molecule has 0 atom stereocenters. The predicted octanol–water partition coefficient (Wildman–Crippen LogP) is 1.80. The fourth-order valence-electron chi connectivity index (χ4n) is 0. The number of hydrogen-bond donors (Lipinski definition) is 2. The van der Waals surface area contributed by atoms with Crippen LogP contribution < -0.4 is 0 Å². The van der Waals surface area contributed by atoms with Crippen molar-refractivity contribution < 1.29 is 15.0 Å². The summed E-state index contributed by atoms with van der Waals surface area (Å²) in [7, 11) is 0. The monoisotopic (exact) mass is 118 g/mol. The molecule has 8 heavy (non-hydrogen) atoms. The van der Waals surface area contributed by atoms with Crippen LogP contribution in [-0.4, -0.2) is 16.4 Å². The fourth-order valence-corrected chi connectivity index (χ4v) is 0. The highest BCUT2D eigenvalue weighted by Crippen LogP contribution is 1.73. The van der Waals surface area contributed by atoms with Crippen LogP contribution in [0.3, 0.4) is 0 Å². The molecule has 0 rings (SSSR count). The normalized spacial score (nSPS) is 6.25. The Bertz CT molecular complexity index is 65.7. The molecule has 3 heteroatoms. The van der Waals surface area contributed by atoms with Crippen molar-refractivity contribution in [3.05, 3.63) is 12.2 Å². The van der Waals surface area contributed by atoms with Gasteiger partial charge in [-0.1, -0.05) is 5.57 Å². The summed E-state index contributed by atoms with van der Waals surface area (Å²) in [5.74, 6) is 0. The molecule has 0 aromatic heterocycles. The summed E-state index contributed by atoms with van der Waals surface area (Å²) in [6.07, 6.45) is -1.83. The molecule has 0 aromatic rings. The first-order chi connectivity index (χ1) is 3.46. The zero-order valence-electron chi connectivity index (χ0n) is 5.01. The Morgan fingerprint density at radius 3 is 1.38 bits per heavy atom. The SMILES string of the molecule is C=C(C)C.O=C(O)O. The first kappa shape index (κ1) is 10.1. The highest BCUT2D eigenvalue weighted by molar-refractivity contribution is 5.53. The minimum Gasteiger partial charge on any atom is -0.450 e. The summed E-state index contributed by atoms with van der Waals surface area (Å²) in [4.78, 5) is 8.56. The van der Waals surface area contributed by atoms with E-state index in [1.165, 1.54) is 5.57 Å². The van der Waals surface area contributed by atoms with Crippen LogP contribution in [-0.2, 0) is 0 Å². The Kier molecular flexibility index (Phi) is 7.58. The minimum atomic E-state index is -1.83. The van der Waals surface area contributed by atoms with Gasteiger partial charge in [0.15, 0.2) is 0 Å². The first-order valence-electron chi connectivity index (χ1n) is 2.00. The summed E-state index contributed by atoms with van der Waals surface area (Å²) in [6.45, 7) is 7.50. The van der Waals surface area contributed by atoms with Crippen molar-refractivity contribution in [1.82, 2.24) is 0 Å². The Hall–Kier alpha value is -0.990. The van der Waals surface area contributed by atoms with E-state index < -0.39 is 6.16 Å². The molecule has 0 fully saturated rings. The van der Waals surface area contributed by atoms with Crippen LogP contribution in [0.5, 0.6) is 0 Å². The van der Waals surface area contributed by atoms with Gasteiger partial charge in [-0.05, 0) is 13.8 Å². The van der Waals surface area contributed by atoms with Gasteiger partial charge in [-0.25, -0.2) is 4.79 Å². The molecule has 48 valence electrons. The molecule has 0 aromatic carbocycles. The van der Waals surface area contributed by atoms with Crippen LogP contribution in [0.2, 0.25) is 0 Å². The lowest BCUT2D eigenvalue weighted by molar-refractivity contribution is 0.137. The van der Waals surface area contributed by atoms with Gasteiger partial charge >= 0.3 is 6.16 Å². The zero-order valence-corrected chi connectivity index (χ0v) is 5.01. The van der Waals surface area contributed by atoms with Gasteiger partial charge in [-0.15, -0.1) is 6.58 Å². The number of carboxylic acid groups (broad SMARTS) is 2. The van der Waals surface area contributed by atoms with E-state index in [9.17, 15) is 0 Å². The van der Waals surface area contributed by atoms with Crippen molar-refractivity contribution >= 4 is 6.16 Å². The third kappa shape index (κ3) is 82.2. The Labute approximate surface area is 48.3 Å². The summed E-state index contributed by atoms with van der Waals surface area (Å²) in [6, 6.07) is 0. The van der Waals surface area contributed by atoms with Gasteiger partial charge < -0.3 is 10.2 Å². The molecule has 0 amide bonds. The van der Waals surface area contributed by atoms with Gasteiger partial charge in [0.1, 0.15) is 0 Å². The van der Waals surface area contributed by atoms with E-state index in [1.807, 2.05) is 13.8 Å². The summed E-state index contributed by atoms with van der Waals surface area (Å²) < 4.78 is 0. The second kappa shape index (κ2) is 6.01. The maximum atomic E-state index is 8.56. The van der Waals surface area contributed by atoms with Gasteiger partial charge in [0, 0.05) is 0 Å². The van der Waals surface area contributed by atoms with Crippen LogP contribution in [0.15, 0.2) is 12.2 Å². The second-order valence-corrected chi connectivity index (χ2v) is 1.49. The number of hydrogen-bond acceptors (Lipinski definition) is 1. The van der Waals surface area contributed by atoms with Gasteiger partial charge in [-0.3, -0.25) is 0 Å². The second-order valence-electron chi connectivity index (χ2n) is 1.49. The van der Waals surface area contributed by atoms with Crippen LogP contribution in [0.25, 0.3) is 0 Å². The van der Waals surface area contributed by atoms with Crippen molar-refractivity contribution in [3.63, 3.8) is 0 Å². The molecule has 3 nitrogen and oxygen atoms in total. The number of rotatable bonds is 0. The van der Waals surface area contributed by atoms with Crippen LogP contribution in [0.1, 0.15) is 13.8 Å². The van der Waals surface area contributed by atoms with E-state index in [0.29, 0.717) is 0 Å². The smallest absolute Gasteiger partial charge is 0.450 e. The van der Waals surface area contributed by atoms with Gasteiger partial charge in [0.05, 0.1) is 0 Å². The molecular formula is C5H10O3. The maximum Gasteiger partial charge on any atom is 0.503 e. The molecule has 0 spiro atoms. The summed E-state index contributed by atoms with van der Waals surface area (Å²) in [5.41, 5.74) is 1.17. The minimum absolute atomic E-state index is 1.17. The first-order valence-corrected chi connectivity index (χ1v) is 2.00. The molecule has 0 radical (unpaired) electrons. The summed E-state index contributed by atoms with van der Waals surface area (Å²) in [5, 5.41) is 13.9.